The van der Waals surface area contributed by atoms with Crippen molar-refractivity contribution in [2.45, 2.75) is 9.79 Å². The molecule has 1 aliphatic rings. The lowest BCUT2D eigenvalue weighted by atomic mass is 10.0. The van der Waals surface area contributed by atoms with Crippen molar-refractivity contribution in [2.24, 2.45) is 0 Å². The van der Waals surface area contributed by atoms with E-state index < -0.39 is 16.8 Å². The van der Waals surface area contributed by atoms with Crippen LogP contribution >= 0.6 is 0 Å². The van der Waals surface area contributed by atoms with Crippen molar-refractivity contribution in [3.05, 3.63) is 42.0 Å². The van der Waals surface area contributed by atoms with E-state index in [1.165, 1.54) is 12.1 Å². The van der Waals surface area contributed by atoms with Gasteiger partial charge in [0.1, 0.15) is 11.3 Å². The molecule has 18 heavy (non-hydrogen) atoms. The van der Waals surface area contributed by atoms with Crippen LogP contribution in [-0.4, -0.2) is 20.4 Å². The third-order valence-corrected chi connectivity index (χ3v) is 4.40. The maximum Gasteiger partial charge on any atom is 0.339 e. The summed E-state index contributed by atoms with van der Waals surface area (Å²) in [6.45, 7) is 0. The van der Waals surface area contributed by atoms with Crippen LogP contribution in [0.1, 0.15) is 10.4 Å². The molecule has 1 atom stereocenters. The Morgan fingerprint density at radius 1 is 1.06 bits per heavy atom. The summed E-state index contributed by atoms with van der Waals surface area (Å²) >= 11 is 0. The first-order chi connectivity index (χ1) is 8.59. The Bertz CT molecular complexity index is 706. The van der Waals surface area contributed by atoms with E-state index in [1.807, 2.05) is 6.07 Å². The minimum atomic E-state index is -1.38. The van der Waals surface area contributed by atoms with Gasteiger partial charge in [-0.3, -0.25) is 0 Å². The van der Waals surface area contributed by atoms with Crippen LogP contribution in [-0.2, 0) is 10.8 Å². The highest BCUT2D eigenvalue weighted by molar-refractivity contribution is 7.85. The summed E-state index contributed by atoms with van der Waals surface area (Å²) in [4.78, 5) is 12.0. The Morgan fingerprint density at radius 2 is 1.78 bits per heavy atom. The second-order valence-corrected chi connectivity index (χ2v) is 5.35. The van der Waals surface area contributed by atoms with Crippen molar-refractivity contribution >= 4 is 16.8 Å². The van der Waals surface area contributed by atoms with Gasteiger partial charge < -0.3 is 10.2 Å². The molecular formula is C13H8O4S. The first kappa shape index (κ1) is 11.0. The molecule has 1 heterocycles. The van der Waals surface area contributed by atoms with Gasteiger partial charge in [-0.05, 0) is 23.8 Å². The van der Waals surface area contributed by atoms with E-state index >= 15 is 0 Å². The molecule has 0 aliphatic carbocycles. The van der Waals surface area contributed by atoms with Crippen LogP contribution < -0.4 is 0 Å². The molecule has 2 N–H and O–H groups in total. The number of fused-ring (bicyclic) bond motifs is 3. The Balaban J connectivity index is 2.33. The Hall–Kier alpha value is -2.14. The molecule has 0 amide bonds. The van der Waals surface area contributed by atoms with Crippen molar-refractivity contribution in [2.75, 3.05) is 0 Å². The molecule has 90 valence electrons. The molecule has 1 unspecified atom stereocenters. The maximum absolute atomic E-state index is 12.2. The largest absolute Gasteiger partial charge is 0.507 e. The zero-order valence-corrected chi connectivity index (χ0v) is 9.90. The number of carbonyl (C=O) groups is 1. The SMILES string of the molecule is O=C(O)c1cc2c(cc1O)-c1ccccc1S2=O. The topological polar surface area (TPSA) is 74.6 Å². The van der Waals surface area contributed by atoms with E-state index in [-0.39, 0.29) is 11.3 Å². The summed E-state index contributed by atoms with van der Waals surface area (Å²) in [5.74, 6) is -1.54. The van der Waals surface area contributed by atoms with Crippen molar-refractivity contribution < 1.29 is 19.2 Å². The zero-order valence-electron chi connectivity index (χ0n) is 9.08. The lowest BCUT2D eigenvalue weighted by molar-refractivity contribution is 0.0693. The second-order valence-electron chi connectivity index (χ2n) is 3.94. The predicted molar refractivity (Wildman–Crippen MR) is 65.2 cm³/mol. The number of aromatic carboxylic acids is 1. The molecule has 0 radical (unpaired) electrons. The van der Waals surface area contributed by atoms with Gasteiger partial charge in [-0.25, -0.2) is 9.00 Å². The van der Waals surface area contributed by atoms with Crippen LogP contribution in [0, 0.1) is 0 Å². The monoisotopic (exact) mass is 260 g/mol. The van der Waals surface area contributed by atoms with E-state index in [2.05, 4.69) is 0 Å². The quantitative estimate of drug-likeness (QED) is 0.703. The molecule has 0 saturated carbocycles. The third kappa shape index (κ3) is 1.37. The third-order valence-electron chi connectivity index (χ3n) is 2.91. The van der Waals surface area contributed by atoms with Gasteiger partial charge in [0.15, 0.2) is 0 Å². The minimum Gasteiger partial charge on any atom is -0.507 e. The highest BCUT2D eigenvalue weighted by Gasteiger charge is 2.27. The summed E-state index contributed by atoms with van der Waals surface area (Å²) in [5.41, 5.74) is 1.18. The number of benzene rings is 2. The molecule has 2 aromatic rings. The van der Waals surface area contributed by atoms with Crippen LogP contribution in [0.3, 0.4) is 0 Å². The first-order valence-corrected chi connectivity index (χ1v) is 6.36. The van der Waals surface area contributed by atoms with Crippen molar-refractivity contribution in [3.8, 4) is 16.9 Å². The van der Waals surface area contributed by atoms with E-state index in [0.29, 0.717) is 15.4 Å². The highest BCUT2D eigenvalue weighted by atomic mass is 32.2. The Kier molecular flexibility index (Phi) is 2.24. The average Bonchev–Trinajstić information content (AvgIpc) is 2.62. The van der Waals surface area contributed by atoms with Gasteiger partial charge in [0.05, 0.1) is 20.6 Å². The number of hydrogen-bond acceptors (Lipinski definition) is 3. The lowest BCUT2D eigenvalue weighted by Gasteiger charge is -2.03. The Labute approximate surface area is 105 Å². The molecule has 0 fully saturated rings. The number of carboxylic acid groups (broad SMARTS) is 1. The fourth-order valence-corrected chi connectivity index (χ4v) is 3.48. The van der Waals surface area contributed by atoms with Crippen LogP contribution in [0.25, 0.3) is 11.1 Å². The minimum absolute atomic E-state index is 0.227. The van der Waals surface area contributed by atoms with E-state index in [0.717, 1.165) is 5.56 Å². The fraction of sp³-hybridized carbons (Fsp3) is 0. The summed E-state index contributed by atoms with van der Waals surface area (Å²) in [7, 11) is -1.38. The molecule has 3 rings (SSSR count). The summed E-state index contributed by atoms with van der Waals surface area (Å²) in [6, 6.07) is 9.78. The molecule has 0 aromatic heterocycles. The van der Waals surface area contributed by atoms with Crippen molar-refractivity contribution in [1.82, 2.24) is 0 Å². The van der Waals surface area contributed by atoms with Gasteiger partial charge in [-0.2, -0.15) is 0 Å². The maximum atomic E-state index is 12.2. The van der Waals surface area contributed by atoms with Gasteiger partial charge in [-0.15, -0.1) is 0 Å². The second kappa shape index (κ2) is 3.68. The summed E-state index contributed by atoms with van der Waals surface area (Å²) in [5, 5.41) is 18.6. The van der Waals surface area contributed by atoms with Crippen LogP contribution in [0.4, 0.5) is 0 Å². The first-order valence-electron chi connectivity index (χ1n) is 5.21. The molecule has 0 saturated heterocycles. The summed E-state index contributed by atoms with van der Waals surface area (Å²) in [6.07, 6.45) is 0. The highest BCUT2D eigenvalue weighted by Crippen LogP contribution is 2.43. The average molecular weight is 260 g/mol. The van der Waals surface area contributed by atoms with E-state index in [4.69, 9.17) is 5.11 Å². The molecule has 1 aliphatic heterocycles. The lowest BCUT2D eigenvalue weighted by Crippen LogP contribution is -1.98. The van der Waals surface area contributed by atoms with Gasteiger partial charge in [0.2, 0.25) is 0 Å². The van der Waals surface area contributed by atoms with E-state index in [1.54, 1.807) is 18.2 Å². The molecular weight excluding hydrogens is 252 g/mol. The van der Waals surface area contributed by atoms with Crippen LogP contribution in [0.5, 0.6) is 5.75 Å². The number of phenols is 1. The standard InChI is InChI=1S/C13H8O4S/c14-10-5-8-7-3-1-2-4-11(7)18(17)12(8)6-9(10)13(15)16/h1-6,14H,(H,15,16). The molecule has 2 aromatic carbocycles. The molecule has 0 bridgehead atoms. The number of carboxylic acids is 1. The van der Waals surface area contributed by atoms with Gasteiger partial charge in [-0.1, -0.05) is 18.2 Å². The van der Waals surface area contributed by atoms with Crippen molar-refractivity contribution in [1.29, 1.82) is 0 Å². The van der Waals surface area contributed by atoms with E-state index in [9.17, 15) is 14.1 Å². The van der Waals surface area contributed by atoms with Gasteiger partial charge >= 0.3 is 5.97 Å². The van der Waals surface area contributed by atoms with Crippen LogP contribution in [0.15, 0.2) is 46.2 Å². The number of rotatable bonds is 1. The van der Waals surface area contributed by atoms with Crippen LogP contribution in [0.2, 0.25) is 0 Å². The smallest absolute Gasteiger partial charge is 0.339 e. The fourth-order valence-electron chi connectivity index (χ4n) is 2.07. The number of aromatic hydroxyl groups is 1. The van der Waals surface area contributed by atoms with Gasteiger partial charge in [0.25, 0.3) is 0 Å². The normalized spacial score (nSPS) is 16.1. The van der Waals surface area contributed by atoms with Gasteiger partial charge in [0, 0.05) is 5.56 Å². The van der Waals surface area contributed by atoms with Crippen molar-refractivity contribution in [3.63, 3.8) is 0 Å². The molecule has 4 nitrogen and oxygen atoms in total. The zero-order chi connectivity index (χ0) is 12.9. The predicted octanol–water partition coefficient (Wildman–Crippen LogP) is 2.24. The Morgan fingerprint density at radius 3 is 2.50 bits per heavy atom. The summed E-state index contributed by atoms with van der Waals surface area (Å²) < 4.78 is 12.2. The molecule has 0 spiro atoms. The molecule has 5 heteroatoms. The number of hydrogen-bond donors (Lipinski definition) is 2.